The Balaban J connectivity index is 1.65. The minimum atomic E-state index is -0.313. The van der Waals surface area contributed by atoms with E-state index in [1.165, 1.54) is 0 Å². The van der Waals surface area contributed by atoms with E-state index in [-0.39, 0.29) is 24.0 Å². The van der Waals surface area contributed by atoms with Gasteiger partial charge in [0, 0.05) is 39.3 Å². The number of nitrogens with one attached hydrogen (secondary N) is 1. The molecule has 3 rings (SSSR count). The normalized spacial score (nSPS) is 30.8. The first kappa shape index (κ1) is 13.8. The van der Waals surface area contributed by atoms with Crippen molar-refractivity contribution in [2.24, 2.45) is 0 Å². The lowest BCUT2D eigenvalue weighted by atomic mass is 10.1. The van der Waals surface area contributed by atoms with E-state index in [9.17, 15) is 9.59 Å². The molecule has 0 bridgehead atoms. The van der Waals surface area contributed by atoms with Gasteiger partial charge < -0.3 is 19.9 Å². The molecule has 0 aromatic rings. The molecular formula is C14H23N3O3. The summed E-state index contributed by atoms with van der Waals surface area (Å²) >= 11 is 0. The van der Waals surface area contributed by atoms with Crippen LogP contribution in [0.15, 0.2) is 0 Å². The number of piperazine rings is 1. The zero-order chi connectivity index (χ0) is 13.9. The Hall–Kier alpha value is -1.14. The van der Waals surface area contributed by atoms with Crippen molar-refractivity contribution in [3.05, 3.63) is 0 Å². The molecular weight excluding hydrogens is 258 g/mol. The van der Waals surface area contributed by atoms with Crippen molar-refractivity contribution in [3.8, 4) is 0 Å². The van der Waals surface area contributed by atoms with Gasteiger partial charge in [0.2, 0.25) is 5.91 Å². The number of ether oxygens (including phenoxy) is 1. The van der Waals surface area contributed by atoms with E-state index in [2.05, 4.69) is 5.32 Å². The predicted octanol–water partition coefficient (Wildman–Crippen LogP) is -0.412. The van der Waals surface area contributed by atoms with Crippen LogP contribution in [0, 0.1) is 0 Å². The van der Waals surface area contributed by atoms with Gasteiger partial charge in [-0.1, -0.05) is 0 Å². The molecule has 0 aromatic heterocycles. The molecule has 6 heteroatoms. The molecule has 0 aromatic carbocycles. The number of rotatable bonds is 2. The highest BCUT2D eigenvalue weighted by Gasteiger charge is 2.40. The first-order valence-electron chi connectivity index (χ1n) is 7.69. The molecule has 1 N–H and O–H groups in total. The summed E-state index contributed by atoms with van der Waals surface area (Å²) in [6.07, 6.45) is 3.14. The second kappa shape index (κ2) is 6.10. The molecule has 0 radical (unpaired) electrons. The van der Waals surface area contributed by atoms with E-state index in [0.29, 0.717) is 13.2 Å². The average Bonchev–Trinajstić information content (AvgIpc) is 3.18. The van der Waals surface area contributed by atoms with Crippen LogP contribution in [0.1, 0.15) is 25.7 Å². The molecule has 3 fully saturated rings. The molecule has 3 heterocycles. The van der Waals surface area contributed by atoms with E-state index < -0.39 is 0 Å². The Labute approximate surface area is 119 Å². The van der Waals surface area contributed by atoms with Crippen LogP contribution in [0.5, 0.6) is 0 Å². The maximum Gasteiger partial charge on any atom is 0.252 e. The fraction of sp³-hybridized carbons (Fsp3) is 0.857. The van der Waals surface area contributed by atoms with Gasteiger partial charge in [-0.2, -0.15) is 0 Å². The Morgan fingerprint density at radius 3 is 2.50 bits per heavy atom. The monoisotopic (exact) mass is 281 g/mol. The Bertz CT molecular complexity index is 376. The van der Waals surface area contributed by atoms with Gasteiger partial charge in [0.25, 0.3) is 5.91 Å². The first-order valence-corrected chi connectivity index (χ1v) is 7.69. The van der Waals surface area contributed by atoms with E-state index in [1.54, 1.807) is 4.90 Å². The molecule has 2 amide bonds. The van der Waals surface area contributed by atoms with E-state index in [1.807, 2.05) is 4.90 Å². The van der Waals surface area contributed by atoms with Crippen molar-refractivity contribution in [3.63, 3.8) is 0 Å². The van der Waals surface area contributed by atoms with E-state index in [4.69, 9.17) is 4.74 Å². The highest BCUT2D eigenvalue weighted by Crippen LogP contribution is 2.24. The minimum Gasteiger partial charge on any atom is -0.368 e. The molecule has 1 unspecified atom stereocenters. The average molecular weight is 281 g/mol. The Kier molecular flexibility index (Phi) is 4.21. The van der Waals surface area contributed by atoms with Crippen molar-refractivity contribution in [1.82, 2.24) is 15.1 Å². The highest BCUT2D eigenvalue weighted by atomic mass is 16.5. The van der Waals surface area contributed by atoms with Crippen LogP contribution in [0.25, 0.3) is 0 Å². The van der Waals surface area contributed by atoms with Crippen molar-refractivity contribution >= 4 is 11.8 Å². The van der Waals surface area contributed by atoms with Crippen LogP contribution >= 0.6 is 0 Å². The summed E-state index contributed by atoms with van der Waals surface area (Å²) < 4.78 is 5.47. The lowest BCUT2D eigenvalue weighted by Crippen LogP contribution is -2.54. The Morgan fingerprint density at radius 1 is 1.00 bits per heavy atom. The van der Waals surface area contributed by atoms with Crippen LogP contribution in [0.3, 0.4) is 0 Å². The molecule has 2 atom stereocenters. The molecule has 6 nitrogen and oxygen atoms in total. The summed E-state index contributed by atoms with van der Waals surface area (Å²) in [6, 6.07) is -0.259. The molecule has 0 saturated carbocycles. The van der Waals surface area contributed by atoms with Crippen molar-refractivity contribution in [1.29, 1.82) is 0 Å². The fourth-order valence-electron chi connectivity index (χ4n) is 3.34. The zero-order valence-electron chi connectivity index (χ0n) is 11.8. The molecule has 3 aliphatic heterocycles. The summed E-state index contributed by atoms with van der Waals surface area (Å²) in [4.78, 5) is 28.7. The van der Waals surface area contributed by atoms with Crippen molar-refractivity contribution < 1.29 is 14.3 Å². The number of carbonyl (C=O) groups is 2. The largest absolute Gasteiger partial charge is 0.368 e. The second-order valence-electron chi connectivity index (χ2n) is 5.77. The quantitative estimate of drug-likeness (QED) is 0.747. The maximum atomic E-state index is 12.6. The summed E-state index contributed by atoms with van der Waals surface area (Å²) in [5.74, 6) is 0.142. The molecule has 3 saturated heterocycles. The standard InChI is InChI=1S/C14H23N3O3/c18-13(16-8-5-15-6-9-16)11-3-1-7-17(11)14(19)12-4-2-10-20-12/h11-12,15H,1-10H2/t11?,12-/m1/s1. The number of carbonyl (C=O) groups excluding carboxylic acids is 2. The van der Waals surface area contributed by atoms with Crippen molar-refractivity contribution in [2.45, 2.75) is 37.8 Å². The van der Waals surface area contributed by atoms with Crippen LogP contribution in [-0.4, -0.2) is 73.1 Å². The number of hydrogen-bond donors (Lipinski definition) is 1. The van der Waals surface area contributed by atoms with Gasteiger partial charge in [-0.05, 0) is 25.7 Å². The predicted molar refractivity (Wildman–Crippen MR) is 73.2 cm³/mol. The maximum absolute atomic E-state index is 12.6. The minimum absolute atomic E-state index is 0.0217. The third-order valence-corrected chi connectivity index (χ3v) is 4.45. The third-order valence-electron chi connectivity index (χ3n) is 4.45. The summed E-state index contributed by atoms with van der Waals surface area (Å²) in [7, 11) is 0. The van der Waals surface area contributed by atoms with Gasteiger partial charge in [-0.15, -0.1) is 0 Å². The van der Waals surface area contributed by atoms with E-state index >= 15 is 0 Å². The number of amides is 2. The molecule has 0 spiro atoms. The van der Waals surface area contributed by atoms with Gasteiger partial charge in [0.15, 0.2) is 0 Å². The molecule has 20 heavy (non-hydrogen) atoms. The van der Waals surface area contributed by atoms with Crippen molar-refractivity contribution in [2.75, 3.05) is 39.3 Å². The van der Waals surface area contributed by atoms with Crippen LogP contribution in [-0.2, 0) is 14.3 Å². The Morgan fingerprint density at radius 2 is 1.80 bits per heavy atom. The van der Waals surface area contributed by atoms with Crippen LogP contribution in [0.4, 0.5) is 0 Å². The summed E-state index contributed by atoms with van der Waals surface area (Å²) in [6.45, 7) is 4.55. The smallest absolute Gasteiger partial charge is 0.252 e. The van der Waals surface area contributed by atoms with E-state index in [0.717, 1.165) is 51.9 Å². The number of hydrogen-bond acceptors (Lipinski definition) is 4. The lowest BCUT2D eigenvalue weighted by molar-refractivity contribution is -0.149. The summed E-state index contributed by atoms with van der Waals surface area (Å²) in [5, 5.41) is 3.24. The second-order valence-corrected chi connectivity index (χ2v) is 5.77. The van der Waals surface area contributed by atoms with Gasteiger partial charge in [0.05, 0.1) is 0 Å². The van der Waals surface area contributed by atoms with Gasteiger partial charge >= 0.3 is 0 Å². The highest BCUT2D eigenvalue weighted by molar-refractivity contribution is 5.90. The molecule has 0 aliphatic carbocycles. The third kappa shape index (κ3) is 2.67. The molecule has 112 valence electrons. The van der Waals surface area contributed by atoms with Crippen LogP contribution in [0.2, 0.25) is 0 Å². The lowest BCUT2D eigenvalue weighted by Gasteiger charge is -2.33. The van der Waals surface area contributed by atoms with Gasteiger partial charge in [-0.3, -0.25) is 9.59 Å². The number of nitrogens with zero attached hydrogens (tertiary/aromatic N) is 2. The summed E-state index contributed by atoms with van der Waals surface area (Å²) in [5.41, 5.74) is 0. The van der Waals surface area contributed by atoms with Crippen LogP contribution < -0.4 is 5.32 Å². The van der Waals surface area contributed by atoms with Gasteiger partial charge in [-0.25, -0.2) is 0 Å². The first-order chi connectivity index (χ1) is 9.77. The SMILES string of the molecule is O=C(C1CCCN1C(=O)[C@H]1CCCO1)N1CCNCC1. The number of likely N-dealkylation sites (tertiary alicyclic amines) is 1. The topological polar surface area (TPSA) is 61.9 Å². The molecule has 3 aliphatic rings. The van der Waals surface area contributed by atoms with Gasteiger partial charge in [0.1, 0.15) is 12.1 Å². The zero-order valence-corrected chi connectivity index (χ0v) is 11.8. The fourth-order valence-corrected chi connectivity index (χ4v) is 3.34.